The van der Waals surface area contributed by atoms with Crippen molar-refractivity contribution in [2.75, 3.05) is 6.54 Å². The first-order valence-corrected chi connectivity index (χ1v) is 6.35. The van der Waals surface area contributed by atoms with E-state index in [4.69, 9.17) is 0 Å². The fraction of sp³-hybridized carbons (Fsp3) is 0.615. The Morgan fingerprint density at radius 2 is 2.12 bits per heavy atom. The molecule has 1 aromatic heterocycles. The van der Waals surface area contributed by atoms with Crippen LogP contribution in [0.1, 0.15) is 49.9 Å². The minimum Gasteiger partial charge on any atom is -0.329 e. The molecule has 1 aliphatic carbocycles. The van der Waals surface area contributed by atoms with Crippen molar-refractivity contribution < 1.29 is 0 Å². The second kappa shape index (κ2) is 4.42. The van der Waals surface area contributed by atoms with Crippen LogP contribution in [-0.2, 0) is 0 Å². The van der Waals surface area contributed by atoms with Gasteiger partial charge in [-0.2, -0.15) is 0 Å². The molecule has 2 aliphatic rings. The molecule has 86 valence electrons. The fourth-order valence-corrected chi connectivity index (χ4v) is 2.82. The van der Waals surface area contributed by atoms with Crippen LogP contribution in [0.4, 0.5) is 0 Å². The number of hydrogen-bond acceptors (Lipinski definition) is 2. The van der Waals surface area contributed by atoms with Gasteiger partial charge >= 0.3 is 0 Å². The van der Waals surface area contributed by atoms with Gasteiger partial charge in [-0.05, 0) is 32.2 Å². The van der Waals surface area contributed by atoms with E-state index < -0.39 is 0 Å². The topological polar surface area (TPSA) is 29.9 Å². The van der Waals surface area contributed by atoms with Crippen molar-refractivity contribution in [2.45, 2.75) is 44.2 Å². The molecule has 16 heavy (non-hydrogen) atoms. The number of piperidine rings is 1. The van der Waals surface area contributed by atoms with Gasteiger partial charge in [0.1, 0.15) is 0 Å². The molecule has 1 aromatic rings. The van der Waals surface area contributed by atoms with Crippen LogP contribution in [0.5, 0.6) is 0 Å². The Bertz CT molecular complexity index is 366. The van der Waals surface area contributed by atoms with Crippen LogP contribution in [0, 0.1) is 0 Å². The van der Waals surface area contributed by atoms with Gasteiger partial charge < -0.3 is 9.88 Å². The quantitative estimate of drug-likeness (QED) is 0.772. The summed E-state index contributed by atoms with van der Waals surface area (Å²) in [5, 5.41) is 3.60. The Kier molecular flexibility index (Phi) is 2.79. The first-order chi connectivity index (χ1) is 7.95. The van der Waals surface area contributed by atoms with Crippen molar-refractivity contribution in [1.82, 2.24) is 14.9 Å². The molecule has 3 rings (SSSR count). The highest BCUT2D eigenvalue weighted by Crippen LogP contribution is 2.29. The van der Waals surface area contributed by atoms with Gasteiger partial charge in [0.25, 0.3) is 0 Å². The van der Waals surface area contributed by atoms with Crippen LogP contribution in [-0.4, -0.2) is 16.1 Å². The van der Waals surface area contributed by atoms with Crippen LogP contribution < -0.4 is 5.32 Å². The zero-order valence-electron chi connectivity index (χ0n) is 9.60. The number of hydrogen-bond donors (Lipinski definition) is 1. The van der Waals surface area contributed by atoms with Crippen LogP contribution in [0.25, 0.3) is 0 Å². The largest absolute Gasteiger partial charge is 0.329 e. The molecule has 1 unspecified atom stereocenters. The molecule has 0 radical (unpaired) electrons. The van der Waals surface area contributed by atoms with Gasteiger partial charge in [0.15, 0.2) is 0 Å². The summed E-state index contributed by atoms with van der Waals surface area (Å²) in [7, 11) is 0. The van der Waals surface area contributed by atoms with Crippen molar-refractivity contribution in [2.24, 2.45) is 0 Å². The van der Waals surface area contributed by atoms with E-state index in [2.05, 4.69) is 27.0 Å². The molecule has 0 saturated carbocycles. The summed E-state index contributed by atoms with van der Waals surface area (Å²) in [6, 6.07) is 1.14. The zero-order chi connectivity index (χ0) is 10.8. The molecule has 0 bridgehead atoms. The number of allylic oxidation sites excluding steroid dienone is 2. The SMILES string of the molecule is C1=CCC(n2cncc2C2CCCCN2)C1. The molecule has 1 fully saturated rings. The average Bonchev–Trinajstić information content (AvgIpc) is 3.01. The summed E-state index contributed by atoms with van der Waals surface area (Å²) >= 11 is 0. The molecular formula is C13H19N3. The lowest BCUT2D eigenvalue weighted by Crippen LogP contribution is -2.29. The Labute approximate surface area is 96.6 Å². The lowest BCUT2D eigenvalue weighted by Gasteiger charge is -2.26. The average molecular weight is 217 g/mol. The maximum atomic E-state index is 4.34. The smallest absolute Gasteiger partial charge is 0.0951 e. The first kappa shape index (κ1) is 10.1. The first-order valence-electron chi connectivity index (χ1n) is 6.35. The molecule has 2 heterocycles. The van der Waals surface area contributed by atoms with Crippen LogP contribution in [0.2, 0.25) is 0 Å². The Hall–Kier alpha value is -1.09. The van der Waals surface area contributed by atoms with Crippen molar-refractivity contribution in [1.29, 1.82) is 0 Å². The van der Waals surface area contributed by atoms with E-state index in [1.165, 1.54) is 25.0 Å². The molecule has 1 atom stereocenters. The fourth-order valence-electron chi connectivity index (χ4n) is 2.82. The van der Waals surface area contributed by atoms with E-state index >= 15 is 0 Å². The maximum absolute atomic E-state index is 4.34. The van der Waals surface area contributed by atoms with E-state index in [0.29, 0.717) is 12.1 Å². The molecule has 0 amide bonds. The summed E-state index contributed by atoms with van der Waals surface area (Å²) in [6.45, 7) is 1.15. The van der Waals surface area contributed by atoms with Crippen LogP contribution >= 0.6 is 0 Å². The van der Waals surface area contributed by atoms with Crippen molar-refractivity contribution in [3.05, 3.63) is 30.4 Å². The van der Waals surface area contributed by atoms with Gasteiger partial charge in [-0.15, -0.1) is 0 Å². The van der Waals surface area contributed by atoms with Gasteiger partial charge in [0.05, 0.1) is 12.0 Å². The highest BCUT2D eigenvalue weighted by Gasteiger charge is 2.22. The molecule has 1 aliphatic heterocycles. The third kappa shape index (κ3) is 1.80. The Balaban J connectivity index is 1.80. The molecule has 3 nitrogen and oxygen atoms in total. The number of aromatic nitrogens is 2. The minimum absolute atomic E-state index is 0.525. The van der Waals surface area contributed by atoms with Crippen molar-refractivity contribution in [3.8, 4) is 0 Å². The van der Waals surface area contributed by atoms with E-state index in [9.17, 15) is 0 Å². The van der Waals surface area contributed by atoms with Crippen molar-refractivity contribution in [3.63, 3.8) is 0 Å². The lowest BCUT2D eigenvalue weighted by molar-refractivity contribution is 0.380. The highest BCUT2D eigenvalue weighted by atomic mass is 15.1. The molecule has 0 aromatic carbocycles. The normalized spacial score (nSPS) is 26.4. The molecule has 1 N–H and O–H groups in total. The number of imidazole rings is 1. The maximum Gasteiger partial charge on any atom is 0.0951 e. The zero-order valence-corrected chi connectivity index (χ0v) is 9.60. The van der Waals surface area contributed by atoms with E-state index in [1.807, 2.05) is 12.5 Å². The van der Waals surface area contributed by atoms with Crippen LogP contribution in [0.3, 0.4) is 0 Å². The minimum atomic E-state index is 0.525. The van der Waals surface area contributed by atoms with Gasteiger partial charge in [-0.1, -0.05) is 18.6 Å². The summed E-state index contributed by atoms with van der Waals surface area (Å²) in [6.07, 6.45) is 14.8. The lowest BCUT2D eigenvalue weighted by atomic mass is 10.0. The Morgan fingerprint density at radius 1 is 1.25 bits per heavy atom. The number of nitrogens with one attached hydrogen (secondary N) is 1. The Morgan fingerprint density at radius 3 is 2.88 bits per heavy atom. The monoisotopic (exact) mass is 217 g/mol. The summed E-state index contributed by atoms with van der Waals surface area (Å²) < 4.78 is 2.38. The molecule has 0 spiro atoms. The van der Waals surface area contributed by atoms with Crippen LogP contribution in [0.15, 0.2) is 24.7 Å². The van der Waals surface area contributed by atoms with E-state index in [0.717, 1.165) is 19.4 Å². The highest BCUT2D eigenvalue weighted by molar-refractivity contribution is 5.10. The molecular weight excluding hydrogens is 198 g/mol. The summed E-state index contributed by atoms with van der Waals surface area (Å²) in [5.74, 6) is 0. The predicted molar refractivity (Wildman–Crippen MR) is 64.2 cm³/mol. The van der Waals surface area contributed by atoms with Gasteiger partial charge in [-0.3, -0.25) is 0 Å². The molecule has 3 heteroatoms. The van der Waals surface area contributed by atoms with Gasteiger partial charge in [0.2, 0.25) is 0 Å². The number of nitrogens with zero attached hydrogens (tertiary/aromatic N) is 2. The standard InChI is InChI=1S/C13H19N3/c1-2-6-11(5-1)16-10-14-9-13(16)12-7-3-4-8-15-12/h1-2,9-12,15H,3-8H2. The van der Waals surface area contributed by atoms with Crippen molar-refractivity contribution >= 4 is 0 Å². The van der Waals surface area contributed by atoms with E-state index in [1.54, 1.807) is 0 Å². The third-order valence-corrected chi connectivity index (χ3v) is 3.74. The second-order valence-electron chi connectivity index (χ2n) is 4.82. The third-order valence-electron chi connectivity index (χ3n) is 3.74. The summed E-state index contributed by atoms with van der Waals surface area (Å²) in [5.41, 5.74) is 1.38. The second-order valence-corrected chi connectivity index (χ2v) is 4.82. The number of rotatable bonds is 2. The van der Waals surface area contributed by atoms with Gasteiger partial charge in [-0.25, -0.2) is 4.98 Å². The molecule has 1 saturated heterocycles. The predicted octanol–water partition coefficient (Wildman–Crippen LogP) is 2.59. The van der Waals surface area contributed by atoms with E-state index in [-0.39, 0.29) is 0 Å². The van der Waals surface area contributed by atoms with Gasteiger partial charge in [0, 0.05) is 18.3 Å². The summed E-state index contributed by atoms with van der Waals surface area (Å²) in [4.78, 5) is 4.34.